The molecule has 2 heterocycles. The molecule has 0 aliphatic carbocycles. The Balaban J connectivity index is 1.48. The average molecular weight is 462 g/mol. The third-order valence-corrected chi connectivity index (χ3v) is 7.25. The number of sulfonamides is 1. The summed E-state index contributed by atoms with van der Waals surface area (Å²) in [4.78, 5) is 28.8. The number of carbonyl (C=O) groups is 2. The van der Waals surface area contributed by atoms with E-state index in [1.165, 1.54) is 29.7 Å². The van der Waals surface area contributed by atoms with Crippen LogP contribution in [0.5, 0.6) is 5.75 Å². The molecule has 1 aliphatic heterocycles. The molecule has 3 rings (SSSR count). The lowest BCUT2D eigenvalue weighted by Crippen LogP contribution is -2.42. The highest BCUT2D eigenvalue weighted by molar-refractivity contribution is 7.89. The van der Waals surface area contributed by atoms with Crippen LogP contribution in [0, 0.1) is 5.92 Å². The predicted molar refractivity (Wildman–Crippen MR) is 116 cm³/mol. The van der Waals surface area contributed by atoms with Crippen molar-refractivity contribution in [2.75, 3.05) is 20.2 Å². The van der Waals surface area contributed by atoms with Crippen LogP contribution in [-0.2, 0) is 30.9 Å². The zero-order valence-corrected chi connectivity index (χ0v) is 18.9. The molecule has 0 saturated carbocycles. The summed E-state index contributed by atoms with van der Waals surface area (Å²) >= 11 is 0. The van der Waals surface area contributed by atoms with E-state index in [1.807, 2.05) is 18.2 Å². The quantitative estimate of drug-likeness (QED) is 0.596. The first-order chi connectivity index (χ1) is 15.3. The fourth-order valence-corrected chi connectivity index (χ4v) is 4.91. The molecule has 1 aromatic carbocycles. The number of aromatic nitrogens is 1. The molecule has 32 heavy (non-hydrogen) atoms. The van der Waals surface area contributed by atoms with Crippen molar-refractivity contribution < 1.29 is 27.5 Å². The van der Waals surface area contributed by atoms with Gasteiger partial charge in [0.15, 0.2) is 6.10 Å². The number of hydrogen-bond donors (Lipinski definition) is 1. The van der Waals surface area contributed by atoms with Crippen molar-refractivity contribution in [3.63, 3.8) is 0 Å². The molecule has 172 valence electrons. The van der Waals surface area contributed by atoms with Gasteiger partial charge < -0.3 is 14.8 Å². The Hall–Kier alpha value is -2.98. The molecule has 10 heteroatoms. The maximum absolute atomic E-state index is 12.7. The van der Waals surface area contributed by atoms with Gasteiger partial charge in [-0.2, -0.15) is 4.31 Å². The number of nitrogens with zero attached hydrogens (tertiary/aromatic N) is 2. The number of nitrogens with one attached hydrogen (secondary N) is 1. The van der Waals surface area contributed by atoms with Gasteiger partial charge >= 0.3 is 5.97 Å². The van der Waals surface area contributed by atoms with Gasteiger partial charge in [-0.25, -0.2) is 8.42 Å². The smallest absolute Gasteiger partial charge is 0.309 e. The zero-order chi connectivity index (χ0) is 23.1. The number of piperidine rings is 1. The van der Waals surface area contributed by atoms with Gasteiger partial charge in [-0.05, 0) is 38.0 Å². The van der Waals surface area contributed by atoms with Crippen LogP contribution in [-0.4, -0.2) is 55.9 Å². The summed E-state index contributed by atoms with van der Waals surface area (Å²) in [6.07, 6.45) is 2.51. The van der Waals surface area contributed by atoms with Crippen LogP contribution in [0.15, 0.2) is 53.7 Å². The molecule has 9 nitrogen and oxygen atoms in total. The normalized spacial score (nSPS) is 16.2. The first kappa shape index (κ1) is 23.7. The lowest BCUT2D eigenvalue weighted by Gasteiger charge is -2.30. The molecule has 1 saturated heterocycles. The Morgan fingerprint density at radius 3 is 2.56 bits per heavy atom. The number of para-hydroxylation sites is 1. The van der Waals surface area contributed by atoms with Gasteiger partial charge in [0.25, 0.3) is 5.91 Å². The minimum Gasteiger partial charge on any atom is -0.496 e. The number of amides is 1. The van der Waals surface area contributed by atoms with Crippen molar-refractivity contribution >= 4 is 21.9 Å². The number of esters is 1. The largest absolute Gasteiger partial charge is 0.496 e. The lowest BCUT2D eigenvalue weighted by molar-refractivity contribution is -0.159. The Labute approximate surface area is 187 Å². The van der Waals surface area contributed by atoms with Crippen LogP contribution in [0.25, 0.3) is 0 Å². The highest BCUT2D eigenvalue weighted by atomic mass is 32.2. The van der Waals surface area contributed by atoms with E-state index in [1.54, 1.807) is 19.2 Å². The van der Waals surface area contributed by atoms with E-state index in [0.29, 0.717) is 18.6 Å². The Bertz CT molecular complexity index is 1040. The topological polar surface area (TPSA) is 115 Å². The molecule has 1 N–H and O–H groups in total. The molecule has 1 aliphatic rings. The molecule has 0 bridgehead atoms. The van der Waals surface area contributed by atoms with Crippen LogP contribution >= 0.6 is 0 Å². The van der Waals surface area contributed by atoms with Crippen LogP contribution in [0.2, 0.25) is 0 Å². The van der Waals surface area contributed by atoms with E-state index >= 15 is 0 Å². The molecule has 1 aromatic heterocycles. The Morgan fingerprint density at radius 1 is 1.19 bits per heavy atom. The Kier molecular flexibility index (Phi) is 7.81. The third-order valence-electron chi connectivity index (χ3n) is 5.37. The van der Waals surface area contributed by atoms with Gasteiger partial charge in [0.05, 0.1) is 13.0 Å². The van der Waals surface area contributed by atoms with Gasteiger partial charge in [-0.1, -0.05) is 18.2 Å². The maximum atomic E-state index is 12.7. The molecule has 1 atom stereocenters. The fraction of sp³-hybridized carbons (Fsp3) is 0.409. The van der Waals surface area contributed by atoms with E-state index < -0.39 is 33.9 Å². The van der Waals surface area contributed by atoms with Crippen LogP contribution < -0.4 is 10.1 Å². The summed E-state index contributed by atoms with van der Waals surface area (Å²) in [5.74, 6) is -0.713. The van der Waals surface area contributed by atoms with Gasteiger partial charge in [-0.3, -0.25) is 14.6 Å². The number of benzene rings is 1. The Morgan fingerprint density at radius 2 is 1.91 bits per heavy atom. The van der Waals surface area contributed by atoms with Crippen molar-refractivity contribution in [2.24, 2.45) is 5.92 Å². The molecule has 1 fully saturated rings. The second-order valence-corrected chi connectivity index (χ2v) is 9.41. The number of ether oxygens (including phenoxy) is 2. The number of methoxy groups -OCH3 is 1. The SMILES string of the molecule is COc1ccccc1CNC(=O)C(C)OC(=O)C1CCN(S(=O)(=O)c2cccnc2)CC1. The minimum atomic E-state index is -3.64. The van der Waals surface area contributed by atoms with Crippen molar-refractivity contribution in [3.8, 4) is 5.75 Å². The fourth-order valence-electron chi connectivity index (χ4n) is 3.48. The molecule has 1 unspecified atom stereocenters. The van der Waals surface area contributed by atoms with E-state index in [9.17, 15) is 18.0 Å². The van der Waals surface area contributed by atoms with Crippen molar-refractivity contribution in [1.29, 1.82) is 0 Å². The number of rotatable bonds is 8. The number of pyridine rings is 1. The highest BCUT2D eigenvalue weighted by Crippen LogP contribution is 2.24. The van der Waals surface area contributed by atoms with E-state index in [2.05, 4.69) is 10.3 Å². The number of hydrogen-bond acceptors (Lipinski definition) is 7. The molecule has 2 aromatic rings. The van der Waals surface area contributed by atoms with Gasteiger partial charge in [-0.15, -0.1) is 0 Å². The zero-order valence-electron chi connectivity index (χ0n) is 18.1. The van der Waals surface area contributed by atoms with Crippen LogP contribution in [0.4, 0.5) is 0 Å². The highest BCUT2D eigenvalue weighted by Gasteiger charge is 2.34. The second-order valence-electron chi connectivity index (χ2n) is 7.48. The standard InChI is InChI=1S/C22H27N3O6S/c1-16(21(26)24-14-18-6-3-4-8-20(18)30-2)31-22(27)17-9-12-25(13-10-17)32(28,29)19-7-5-11-23-15-19/h3-8,11,15-17H,9-10,12-14H2,1-2H3,(H,24,26). The van der Waals surface area contributed by atoms with Gasteiger partial charge in [0.2, 0.25) is 10.0 Å². The van der Waals surface area contributed by atoms with Gasteiger partial charge in [0, 0.05) is 37.6 Å². The monoisotopic (exact) mass is 461 g/mol. The van der Waals surface area contributed by atoms with E-state index in [-0.39, 0.29) is 24.5 Å². The van der Waals surface area contributed by atoms with E-state index in [0.717, 1.165) is 5.56 Å². The molecule has 1 amide bonds. The van der Waals surface area contributed by atoms with Crippen molar-refractivity contribution in [2.45, 2.75) is 37.3 Å². The average Bonchev–Trinajstić information content (AvgIpc) is 2.83. The first-order valence-electron chi connectivity index (χ1n) is 10.3. The summed E-state index contributed by atoms with van der Waals surface area (Å²) < 4.78 is 37.3. The maximum Gasteiger partial charge on any atom is 0.309 e. The van der Waals surface area contributed by atoms with E-state index in [4.69, 9.17) is 9.47 Å². The van der Waals surface area contributed by atoms with Gasteiger partial charge in [0.1, 0.15) is 10.6 Å². The predicted octanol–water partition coefficient (Wildman–Crippen LogP) is 1.74. The van der Waals surface area contributed by atoms with Crippen molar-refractivity contribution in [3.05, 3.63) is 54.4 Å². The minimum absolute atomic E-state index is 0.126. The number of carbonyl (C=O) groups excluding carboxylic acids is 2. The second kappa shape index (κ2) is 10.6. The summed E-state index contributed by atoms with van der Waals surface area (Å²) in [6.45, 7) is 2.16. The molecule has 0 spiro atoms. The molecular weight excluding hydrogens is 434 g/mol. The van der Waals surface area contributed by atoms with Crippen molar-refractivity contribution in [1.82, 2.24) is 14.6 Å². The molecule has 0 radical (unpaired) electrons. The summed E-state index contributed by atoms with van der Waals surface area (Å²) in [5, 5.41) is 2.74. The van der Waals surface area contributed by atoms with Crippen LogP contribution in [0.1, 0.15) is 25.3 Å². The summed E-state index contributed by atoms with van der Waals surface area (Å²) in [7, 11) is -2.09. The van der Waals surface area contributed by atoms with Crippen LogP contribution in [0.3, 0.4) is 0 Å². The summed E-state index contributed by atoms with van der Waals surface area (Å²) in [5.41, 5.74) is 0.809. The third kappa shape index (κ3) is 5.63. The lowest BCUT2D eigenvalue weighted by atomic mass is 9.98. The first-order valence-corrected chi connectivity index (χ1v) is 11.8. The molecular formula is C22H27N3O6S. The summed E-state index contributed by atoms with van der Waals surface area (Å²) in [6, 6.07) is 10.4.